The first-order chi connectivity index (χ1) is 9.26. The van der Waals surface area contributed by atoms with Crippen molar-refractivity contribution in [2.45, 2.75) is 20.3 Å². The summed E-state index contributed by atoms with van der Waals surface area (Å²) in [7, 11) is 0. The van der Waals surface area contributed by atoms with E-state index in [9.17, 15) is 0 Å². The summed E-state index contributed by atoms with van der Waals surface area (Å²) in [5, 5.41) is 7.20. The molecule has 3 rings (SSSR count). The first-order valence-electron chi connectivity index (χ1n) is 6.20. The van der Waals surface area contributed by atoms with Crippen molar-refractivity contribution in [1.29, 1.82) is 0 Å². The number of thiazole rings is 1. The molecule has 4 nitrogen and oxygen atoms in total. The Morgan fingerprint density at radius 3 is 2.84 bits per heavy atom. The summed E-state index contributed by atoms with van der Waals surface area (Å²) in [6.45, 7) is 4.08. The highest BCUT2D eigenvalue weighted by Gasteiger charge is 2.07. The molecule has 5 heteroatoms. The van der Waals surface area contributed by atoms with E-state index >= 15 is 0 Å². The Morgan fingerprint density at radius 2 is 2.11 bits per heavy atom. The van der Waals surface area contributed by atoms with Crippen molar-refractivity contribution in [2.24, 2.45) is 0 Å². The highest BCUT2D eigenvalue weighted by Crippen LogP contribution is 2.24. The summed E-state index contributed by atoms with van der Waals surface area (Å²) in [6.07, 6.45) is 2.71. The van der Waals surface area contributed by atoms with Crippen molar-refractivity contribution in [3.05, 3.63) is 41.2 Å². The molecular weight excluding hydrogens is 256 g/mol. The molecule has 1 N–H and O–H groups in total. The molecule has 0 saturated carbocycles. The van der Waals surface area contributed by atoms with Crippen LogP contribution in [0.4, 0.5) is 10.9 Å². The van der Waals surface area contributed by atoms with Gasteiger partial charge < -0.3 is 5.32 Å². The maximum atomic E-state index is 4.65. The van der Waals surface area contributed by atoms with Crippen molar-refractivity contribution in [1.82, 2.24) is 15.0 Å². The summed E-state index contributed by atoms with van der Waals surface area (Å²) in [5.74, 6) is 0.766. The fourth-order valence-corrected chi connectivity index (χ4v) is 2.58. The van der Waals surface area contributed by atoms with Gasteiger partial charge in [-0.2, -0.15) is 0 Å². The number of fused-ring (bicyclic) bond motifs is 1. The lowest BCUT2D eigenvalue weighted by Crippen LogP contribution is -1.97. The smallest absolute Gasteiger partial charge is 0.188 e. The standard InChI is InChI=1S/C14H14N4S/c1-3-11-5-4-10-6-7-15-13(12(10)17-11)18-14-16-9(2)8-19-14/h4-8H,3H2,1-2H3,(H,15,16,18). The van der Waals surface area contributed by atoms with Crippen LogP contribution in [-0.4, -0.2) is 15.0 Å². The number of hydrogen-bond donors (Lipinski definition) is 1. The van der Waals surface area contributed by atoms with E-state index in [0.717, 1.165) is 39.7 Å². The van der Waals surface area contributed by atoms with Crippen LogP contribution in [0.5, 0.6) is 0 Å². The predicted molar refractivity (Wildman–Crippen MR) is 79.0 cm³/mol. The largest absolute Gasteiger partial charge is 0.314 e. The molecule has 3 aromatic rings. The second-order valence-corrected chi connectivity index (χ2v) is 5.16. The monoisotopic (exact) mass is 270 g/mol. The first-order valence-corrected chi connectivity index (χ1v) is 7.08. The summed E-state index contributed by atoms with van der Waals surface area (Å²) >= 11 is 1.57. The van der Waals surface area contributed by atoms with Crippen molar-refractivity contribution < 1.29 is 0 Å². The zero-order chi connectivity index (χ0) is 13.2. The number of aryl methyl sites for hydroxylation is 2. The van der Waals surface area contributed by atoms with E-state index in [-0.39, 0.29) is 0 Å². The Hall–Kier alpha value is -2.01. The van der Waals surface area contributed by atoms with Gasteiger partial charge in [0, 0.05) is 22.7 Å². The zero-order valence-corrected chi connectivity index (χ0v) is 11.7. The predicted octanol–water partition coefficient (Wildman–Crippen LogP) is 3.70. The molecule has 3 aromatic heterocycles. The highest BCUT2D eigenvalue weighted by molar-refractivity contribution is 7.13. The third-order valence-corrected chi connectivity index (χ3v) is 3.75. The van der Waals surface area contributed by atoms with Gasteiger partial charge in [0.2, 0.25) is 0 Å². The molecule has 0 saturated heterocycles. The number of anilines is 2. The molecule has 0 radical (unpaired) electrons. The van der Waals surface area contributed by atoms with Crippen molar-refractivity contribution in [2.75, 3.05) is 5.32 Å². The minimum Gasteiger partial charge on any atom is -0.314 e. The lowest BCUT2D eigenvalue weighted by Gasteiger charge is -2.06. The molecule has 0 aliphatic rings. The van der Waals surface area contributed by atoms with Crippen LogP contribution in [0.1, 0.15) is 18.3 Å². The average Bonchev–Trinajstić information content (AvgIpc) is 2.84. The SMILES string of the molecule is CCc1ccc2ccnc(Nc3nc(C)cs3)c2n1. The molecule has 0 atom stereocenters. The van der Waals surface area contributed by atoms with E-state index in [4.69, 9.17) is 0 Å². The van der Waals surface area contributed by atoms with E-state index in [1.165, 1.54) is 0 Å². The number of nitrogens with zero attached hydrogens (tertiary/aromatic N) is 3. The van der Waals surface area contributed by atoms with Gasteiger partial charge >= 0.3 is 0 Å². The van der Waals surface area contributed by atoms with Gasteiger partial charge in [-0.25, -0.2) is 15.0 Å². The molecule has 0 aliphatic heterocycles. The molecule has 3 heterocycles. The maximum absolute atomic E-state index is 4.65. The zero-order valence-electron chi connectivity index (χ0n) is 10.8. The van der Waals surface area contributed by atoms with Crippen LogP contribution in [0.2, 0.25) is 0 Å². The fraction of sp³-hybridized carbons (Fsp3) is 0.214. The number of rotatable bonds is 3. The van der Waals surface area contributed by atoms with E-state index in [1.807, 2.05) is 18.4 Å². The number of aromatic nitrogens is 3. The number of pyridine rings is 2. The van der Waals surface area contributed by atoms with Crippen molar-refractivity contribution >= 4 is 33.2 Å². The van der Waals surface area contributed by atoms with Crippen LogP contribution in [0.3, 0.4) is 0 Å². The quantitative estimate of drug-likeness (QED) is 0.788. The molecule has 0 amide bonds. The van der Waals surface area contributed by atoms with E-state index < -0.39 is 0 Å². The molecular formula is C14H14N4S. The van der Waals surface area contributed by atoms with Gasteiger partial charge in [-0.15, -0.1) is 11.3 Å². The minimum atomic E-state index is 0.766. The van der Waals surface area contributed by atoms with E-state index in [2.05, 4.69) is 39.3 Å². The van der Waals surface area contributed by atoms with Gasteiger partial charge in [-0.3, -0.25) is 0 Å². The summed E-state index contributed by atoms with van der Waals surface area (Å²) in [4.78, 5) is 13.4. The second-order valence-electron chi connectivity index (χ2n) is 4.31. The van der Waals surface area contributed by atoms with Crippen LogP contribution < -0.4 is 5.32 Å². The molecule has 0 fully saturated rings. The van der Waals surface area contributed by atoms with Gasteiger partial charge in [0.15, 0.2) is 10.9 Å². The highest BCUT2D eigenvalue weighted by atomic mass is 32.1. The molecule has 19 heavy (non-hydrogen) atoms. The molecule has 0 unspecified atom stereocenters. The molecule has 0 bridgehead atoms. The summed E-state index contributed by atoms with van der Waals surface area (Å²) in [5.41, 5.74) is 2.98. The van der Waals surface area contributed by atoms with Crippen LogP contribution in [0, 0.1) is 6.92 Å². The maximum Gasteiger partial charge on any atom is 0.188 e. The van der Waals surface area contributed by atoms with Gasteiger partial charge in [-0.1, -0.05) is 13.0 Å². The van der Waals surface area contributed by atoms with E-state index in [0.29, 0.717) is 0 Å². The Bertz CT molecular complexity index is 720. The van der Waals surface area contributed by atoms with Crippen LogP contribution in [0.15, 0.2) is 29.8 Å². The Balaban J connectivity index is 2.06. The number of nitrogens with one attached hydrogen (secondary N) is 1. The third kappa shape index (κ3) is 2.42. The lowest BCUT2D eigenvalue weighted by molar-refractivity contribution is 1.05. The average molecular weight is 270 g/mol. The van der Waals surface area contributed by atoms with Crippen molar-refractivity contribution in [3.63, 3.8) is 0 Å². The topological polar surface area (TPSA) is 50.7 Å². The molecule has 96 valence electrons. The van der Waals surface area contributed by atoms with Gasteiger partial charge in [0.25, 0.3) is 0 Å². The first kappa shape index (κ1) is 12.0. The van der Waals surface area contributed by atoms with Crippen LogP contribution in [0.25, 0.3) is 10.9 Å². The van der Waals surface area contributed by atoms with Crippen molar-refractivity contribution in [3.8, 4) is 0 Å². The molecule has 0 spiro atoms. The lowest BCUT2D eigenvalue weighted by atomic mass is 10.2. The van der Waals surface area contributed by atoms with Crippen LogP contribution >= 0.6 is 11.3 Å². The van der Waals surface area contributed by atoms with Crippen LogP contribution in [-0.2, 0) is 6.42 Å². The fourth-order valence-electron chi connectivity index (χ4n) is 1.89. The Labute approximate surface area is 115 Å². The normalized spacial score (nSPS) is 10.8. The second kappa shape index (κ2) is 4.93. The summed E-state index contributed by atoms with van der Waals surface area (Å²) < 4.78 is 0. The van der Waals surface area contributed by atoms with Gasteiger partial charge in [-0.05, 0) is 25.5 Å². The Morgan fingerprint density at radius 1 is 1.21 bits per heavy atom. The number of hydrogen-bond acceptors (Lipinski definition) is 5. The van der Waals surface area contributed by atoms with E-state index in [1.54, 1.807) is 17.5 Å². The minimum absolute atomic E-state index is 0.766. The van der Waals surface area contributed by atoms with Gasteiger partial charge in [0.05, 0.1) is 5.69 Å². The Kier molecular flexibility index (Phi) is 3.13. The van der Waals surface area contributed by atoms with Gasteiger partial charge in [0.1, 0.15) is 5.52 Å². The summed E-state index contributed by atoms with van der Waals surface area (Å²) in [6, 6.07) is 6.11. The molecule has 0 aliphatic carbocycles. The third-order valence-electron chi connectivity index (χ3n) is 2.87. The molecule has 0 aromatic carbocycles.